The van der Waals surface area contributed by atoms with Crippen molar-refractivity contribution in [3.8, 4) is 0 Å². The van der Waals surface area contributed by atoms with E-state index < -0.39 is 5.97 Å². The highest BCUT2D eigenvalue weighted by Gasteiger charge is 2.38. The van der Waals surface area contributed by atoms with Crippen LogP contribution < -0.4 is 4.90 Å². The highest BCUT2D eigenvalue weighted by atomic mass is 35.5. The Labute approximate surface area is 161 Å². The van der Waals surface area contributed by atoms with Crippen LogP contribution in [0.3, 0.4) is 0 Å². The molecule has 0 radical (unpaired) electrons. The minimum atomic E-state index is -0.594. The maximum Gasteiger partial charge on any atom is 0.340 e. The van der Waals surface area contributed by atoms with Crippen molar-refractivity contribution in [3.63, 3.8) is 0 Å². The molecule has 0 bridgehead atoms. The summed E-state index contributed by atoms with van der Waals surface area (Å²) >= 11 is 12.4. The molecule has 0 fully saturated rings. The molecule has 1 aliphatic heterocycles. The van der Waals surface area contributed by atoms with Crippen molar-refractivity contribution >= 4 is 46.8 Å². The minimum absolute atomic E-state index is 0.188. The van der Waals surface area contributed by atoms with Gasteiger partial charge in [-0.2, -0.15) is 0 Å². The number of halogens is 2. The lowest BCUT2D eigenvalue weighted by Gasteiger charge is -2.17. The van der Waals surface area contributed by atoms with Gasteiger partial charge in [-0.1, -0.05) is 47.5 Å². The number of methoxy groups -OCH3 is 1. The predicted octanol–water partition coefficient (Wildman–Crippen LogP) is 4.87. The maximum atomic E-state index is 13.1. The van der Waals surface area contributed by atoms with Gasteiger partial charge < -0.3 is 4.74 Å². The number of hydrogen-bond acceptors (Lipinski definition) is 3. The lowest BCUT2D eigenvalue weighted by Crippen LogP contribution is -2.24. The molecule has 3 rings (SSSR count). The lowest BCUT2D eigenvalue weighted by atomic mass is 10.0. The molecule has 0 saturated carbocycles. The summed E-state index contributed by atoms with van der Waals surface area (Å²) in [6.45, 7) is 1.70. The van der Waals surface area contributed by atoms with Crippen molar-refractivity contribution in [2.75, 3.05) is 12.0 Å². The minimum Gasteiger partial charge on any atom is -0.465 e. The van der Waals surface area contributed by atoms with Crippen molar-refractivity contribution in [3.05, 3.63) is 81.0 Å². The van der Waals surface area contributed by atoms with Gasteiger partial charge in [0.1, 0.15) is 0 Å². The van der Waals surface area contributed by atoms with Crippen molar-refractivity contribution in [2.45, 2.75) is 6.92 Å². The average Bonchev–Trinajstić information content (AvgIpc) is 2.88. The molecular formula is C20H15Cl2NO3. The first-order valence-electron chi connectivity index (χ1n) is 7.80. The van der Waals surface area contributed by atoms with Crippen LogP contribution in [0.25, 0.3) is 6.08 Å². The fourth-order valence-corrected chi connectivity index (χ4v) is 3.37. The maximum absolute atomic E-state index is 13.1. The summed E-state index contributed by atoms with van der Waals surface area (Å²) in [5.74, 6) is -0.936. The fraction of sp³-hybridized carbons (Fsp3) is 0.100. The number of ether oxygens (including phenoxy) is 1. The molecule has 2 aromatic rings. The van der Waals surface area contributed by atoms with Crippen LogP contribution >= 0.6 is 23.2 Å². The molecule has 6 heteroatoms. The van der Waals surface area contributed by atoms with E-state index in [1.165, 1.54) is 18.1 Å². The van der Waals surface area contributed by atoms with E-state index in [2.05, 4.69) is 0 Å². The largest absolute Gasteiger partial charge is 0.465 e. The number of rotatable bonds is 3. The fourth-order valence-electron chi connectivity index (χ4n) is 2.86. The smallest absolute Gasteiger partial charge is 0.340 e. The van der Waals surface area contributed by atoms with E-state index in [1.807, 2.05) is 18.2 Å². The second-order valence-corrected chi connectivity index (χ2v) is 6.44. The van der Waals surface area contributed by atoms with Crippen molar-refractivity contribution in [2.24, 2.45) is 0 Å². The van der Waals surface area contributed by atoms with Crippen LogP contribution in [0.4, 0.5) is 5.69 Å². The summed E-state index contributed by atoms with van der Waals surface area (Å²) < 4.78 is 4.88. The Kier molecular flexibility index (Phi) is 5.16. The van der Waals surface area contributed by atoms with Gasteiger partial charge >= 0.3 is 5.97 Å². The average molecular weight is 388 g/mol. The molecule has 0 spiro atoms. The zero-order valence-electron chi connectivity index (χ0n) is 14.1. The van der Waals surface area contributed by atoms with Crippen molar-refractivity contribution < 1.29 is 14.3 Å². The number of carbonyl (C=O) groups excluding carboxylic acids is 2. The van der Waals surface area contributed by atoms with E-state index in [9.17, 15) is 9.59 Å². The first kappa shape index (κ1) is 18.2. The van der Waals surface area contributed by atoms with Gasteiger partial charge in [-0.3, -0.25) is 9.69 Å². The molecule has 1 heterocycles. The summed E-state index contributed by atoms with van der Waals surface area (Å²) in [6, 6.07) is 14.1. The first-order chi connectivity index (χ1) is 12.5. The molecule has 2 aromatic carbocycles. The summed E-state index contributed by atoms with van der Waals surface area (Å²) in [7, 11) is 1.28. The number of para-hydroxylation sites is 1. The molecule has 1 amide bonds. The highest BCUT2D eigenvalue weighted by molar-refractivity contribution is 6.37. The molecule has 0 aromatic heterocycles. The van der Waals surface area contributed by atoms with E-state index in [0.717, 1.165) is 0 Å². The highest BCUT2D eigenvalue weighted by Crippen LogP contribution is 2.37. The van der Waals surface area contributed by atoms with Gasteiger partial charge in [0.2, 0.25) is 0 Å². The number of anilines is 1. The summed E-state index contributed by atoms with van der Waals surface area (Å²) in [5.41, 5.74) is 2.00. The van der Waals surface area contributed by atoms with Crippen LogP contribution in [0.1, 0.15) is 12.5 Å². The third-order valence-corrected chi connectivity index (χ3v) is 4.75. The molecule has 0 N–H and O–H groups in total. The number of esters is 1. The summed E-state index contributed by atoms with van der Waals surface area (Å²) in [6.07, 6.45) is 1.53. The summed E-state index contributed by atoms with van der Waals surface area (Å²) in [4.78, 5) is 26.9. The van der Waals surface area contributed by atoms with E-state index in [1.54, 1.807) is 37.3 Å². The van der Waals surface area contributed by atoms with Gasteiger partial charge in [-0.05, 0) is 37.3 Å². The van der Waals surface area contributed by atoms with E-state index in [4.69, 9.17) is 27.9 Å². The Morgan fingerprint density at radius 1 is 1.04 bits per heavy atom. The lowest BCUT2D eigenvalue weighted by molar-refractivity contribution is -0.136. The monoisotopic (exact) mass is 387 g/mol. The van der Waals surface area contributed by atoms with Gasteiger partial charge in [0.25, 0.3) is 5.91 Å². The van der Waals surface area contributed by atoms with Crippen LogP contribution in [-0.2, 0) is 14.3 Å². The number of carbonyl (C=O) groups is 2. The Balaban J connectivity index is 2.20. The number of amides is 1. The molecule has 1 aliphatic rings. The Bertz CT molecular complexity index is 929. The van der Waals surface area contributed by atoms with Crippen LogP contribution in [0, 0.1) is 0 Å². The third-order valence-electron chi connectivity index (χ3n) is 4.09. The molecule has 26 heavy (non-hydrogen) atoms. The zero-order chi connectivity index (χ0) is 18.8. The Morgan fingerprint density at radius 3 is 2.23 bits per heavy atom. The van der Waals surface area contributed by atoms with Crippen LogP contribution in [0.2, 0.25) is 10.0 Å². The zero-order valence-corrected chi connectivity index (χ0v) is 15.6. The van der Waals surface area contributed by atoms with Crippen molar-refractivity contribution in [1.29, 1.82) is 0 Å². The number of allylic oxidation sites excluding steroid dienone is 1. The predicted molar refractivity (Wildman–Crippen MR) is 103 cm³/mol. The molecule has 132 valence electrons. The molecular weight excluding hydrogens is 373 g/mol. The van der Waals surface area contributed by atoms with Crippen molar-refractivity contribution in [1.82, 2.24) is 0 Å². The van der Waals surface area contributed by atoms with Gasteiger partial charge in [-0.25, -0.2) is 4.79 Å². The van der Waals surface area contributed by atoms with Crippen LogP contribution in [-0.4, -0.2) is 19.0 Å². The number of nitrogens with zero attached hydrogens (tertiary/aromatic N) is 1. The normalized spacial score (nSPS) is 15.8. The second-order valence-electron chi connectivity index (χ2n) is 5.62. The molecule has 0 aliphatic carbocycles. The molecule has 0 saturated heterocycles. The second kappa shape index (κ2) is 7.36. The van der Waals surface area contributed by atoms with E-state index in [0.29, 0.717) is 27.0 Å². The number of benzene rings is 2. The standard InChI is InChI=1S/C20H15Cl2NO3/c1-12-18(20(25)26-2)15(11-14-16(21)9-6-10-17(14)22)19(24)23(12)13-7-4-3-5-8-13/h3-11H,1-2H3/b15-11-. The molecule has 4 nitrogen and oxygen atoms in total. The Hall–Kier alpha value is -2.56. The third kappa shape index (κ3) is 3.14. The van der Waals surface area contributed by atoms with Crippen LogP contribution in [0.5, 0.6) is 0 Å². The number of hydrogen-bond donors (Lipinski definition) is 0. The molecule has 0 unspecified atom stereocenters. The van der Waals surface area contributed by atoms with Crippen LogP contribution in [0.15, 0.2) is 65.4 Å². The SMILES string of the molecule is COC(=O)C1=C(C)N(c2ccccc2)C(=O)/C1=C\c1c(Cl)cccc1Cl. The summed E-state index contributed by atoms with van der Waals surface area (Å²) in [5, 5.41) is 0.774. The van der Waals surface area contributed by atoms with Gasteiger partial charge in [-0.15, -0.1) is 0 Å². The molecule has 0 atom stereocenters. The first-order valence-corrected chi connectivity index (χ1v) is 8.56. The van der Waals surface area contributed by atoms with E-state index in [-0.39, 0.29) is 17.1 Å². The topological polar surface area (TPSA) is 46.6 Å². The van der Waals surface area contributed by atoms with Gasteiger partial charge in [0, 0.05) is 27.0 Å². The quantitative estimate of drug-likeness (QED) is 0.557. The van der Waals surface area contributed by atoms with Gasteiger partial charge in [0.15, 0.2) is 0 Å². The Morgan fingerprint density at radius 2 is 1.65 bits per heavy atom. The van der Waals surface area contributed by atoms with Gasteiger partial charge in [0.05, 0.1) is 18.3 Å². The van der Waals surface area contributed by atoms with E-state index >= 15 is 0 Å².